The van der Waals surface area contributed by atoms with Gasteiger partial charge < -0.3 is 0 Å². The summed E-state index contributed by atoms with van der Waals surface area (Å²) in [5.41, 5.74) is 0.974. The molecule has 0 aliphatic heterocycles. The lowest BCUT2D eigenvalue weighted by Gasteiger charge is -2.07. The molecule has 2 nitrogen and oxygen atoms in total. The molecule has 0 spiro atoms. The largest absolute Gasteiger partial charge is 0.192 e. The number of hydrogen-bond acceptors (Lipinski definition) is 6. The van der Waals surface area contributed by atoms with Crippen molar-refractivity contribution in [2.45, 2.75) is 0 Å². The van der Waals surface area contributed by atoms with Crippen LogP contribution in [0.25, 0.3) is 0 Å². The van der Waals surface area contributed by atoms with Gasteiger partial charge in [-0.2, -0.15) is 10.5 Å². The Hall–Kier alpha value is -0.140. The van der Waals surface area contributed by atoms with Crippen LogP contribution in [0, 0.1) is 22.7 Å². The van der Waals surface area contributed by atoms with Crippen LogP contribution in [0.2, 0.25) is 0 Å². The maximum atomic E-state index is 9.16. The number of nitrogens with zero attached hydrogens (tertiary/aromatic N) is 2. The molecule has 0 amide bonds. The molecule has 6 heteroatoms. The van der Waals surface area contributed by atoms with Crippen LogP contribution in [0.3, 0.4) is 0 Å². The molecule has 0 saturated heterocycles. The molecule has 0 bridgehead atoms. The molecule has 0 N–H and O–H groups in total. The van der Waals surface area contributed by atoms with Crippen molar-refractivity contribution < 1.29 is 0 Å². The van der Waals surface area contributed by atoms with E-state index in [1.54, 1.807) is 0 Å². The number of allylic oxidation sites excluding steroid dienone is 2. The first-order valence-electron chi connectivity index (χ1n) is 4.15. The van der Waals surface area contributed by atoms with Crippen molar-refractivity contribution in [1.82, 2.24) is 0 Å². The van der Waals surface area contributed by atoms with Crippen LogP contribution in [0.15, 0.2) is 19.6 Å². The van der Waals surface area contributed by atoms with E-state index < -0.39 is 0 Å². The third kappa shape index (κ3) is 4.03. The highest BCUT2D eigenvalue weighted by Gasteiger charge is 2.15. The summed E-state index contributed by atoms with van der Waals surface area (Å²) >= 11 is 6.00. The summed E-state index contributed by atoms with van der Waals surface area (Å²) in [7, 11) is 0. The predicted octanol–water partition coefficient (Wildman–Crippen LogP) is 3.91. The molecule has 0 aliphatic carbocycles. The standard InChI is InChI=1S/C10H12N2S4/c1-13-9(14-2)7(5-11)8(6-12)10(15-3)16-4/h1-4H3. The first kappa shape index (κ1) is 15.9. The highest BCUT2D eigenvalue weighted by atomic mass is 32.2. The van der Waals surface area contributed by atoms with Crippen LogP contribution in [-0.2, 0) is 0 Å². The van der Waals surface area contributed by atoms with Crippen molar-refractivity contribution >= 4 is 47.0 Å². The van der Waals surface area contributed by atoms with E-state index in [1.165, 1.54) is 47.0 Å². The predicted molar refractivity (Wildman–Crippen MR) is 79.3 cm³/mol. The van der Waals surface area contributed by atoms with Crippen LogP contribution in [-0.4, -0.2) is 25.0 Å². The Morgan fingerprint density at radius 3 is 1.06 bits per heavy atom. The Morgan fingerprint density at radius 1 is 0.688 bits per heavy atom. The lowest BCUT2D eigenvalue weighted by Crippen LogP contribution is -1.90. The monoisotopic (exact) mass is 288 g/mol. The molecule has 0 aromatic carbocycles. The van der Waals surface area contributed by atoms with Gasteiger partial charge in [0.15, 0.2) is 0 Å². The van der Waals surface area contributed by atoms with E-state index >= 15 is 0 Å². The normalized spacial score (nSPS) is 8.88. The van der Waals surface area contributed by atoms with Crippen molar-refractivity contribution in [3.05, 3.63) is 19.6 Å². The average Bonchev–Trinajstić information content (AvgIpc) is 2.33. The maximum Gasteiger partial charge on any atom is 0.102 e. The topological polar surface area (TPSA) is 47.6 Å². The van der Waals surface area contributed by atoms with E-state index in [0.29, 0.717) is 11.1 Å². The molecule has 0 aromatic heterocycles. The lowest BCUT2D eigenvalue weighted by molar-refractivity contribution is 1.44. The van der Waals surface area contributed by atoms with Gasteiger partial charge in [-0.15, -0.1) is 47.0 Å². The van der Waals surface area contributed by atoms with E-state index in [1.807, 2.05) is 25.0 Å². The summed E-state index contributed by atoms with van der Waals surface area (Å²) in [6.45, 7) is 0. The molecule has 86 valence electrons. The molecule has 0 fully saturated rings. The Bertz CT molecular complexity index is 335. The van der Waals surface area contributed by atoms with E-state index in [-0.39, 0.29) is 0 Å². The van der Waals surface area contributed by atoms with Gasteiger partial charge in [0.2, 0.25) is 0 Å². The zero-order valence-electron chi connectivity index (χ0n) is 9.53. The van der Waals surface area contributed by atoms with Gasteiger partial charge in [-0.05, 0) is 25.0 Å². The molecule has 0 aromatic rings. The summed E-state index contributed by atoms with van der Waals surface area (Å²) < 4.78 is 1.78. The molecule has 0 saturated carbocycles. The molecular formula is C10H12N2S4. The maximum absolute atomic E-state index is 9.16. The van der Waals surface area contributed by atoms with E-state index in [4.69, 9.17) is 10.5 Å². The smallest absolute Gasteiger partial charge is 0.102 e. The van der Waals surface area contributed by atoms with Gasteiger partial charge in [-0.3, -0.25) is 0 Å². The summed E-state index contributed by atoms with van der Waals surface area (Å²) in [6.07, 6.45) is 7.65. The van der Waals surface area contributed by atoms with Gasteiger partial charge in [0, 0.05) is 0 Å². The fourth-order valence-electron chi connectivity index (χ4n) is 0.982. The van der Waals surface area contributed by atoms with Crippen molar-refractivity contribution in [1.29, 1.82) is 10.5 Å². The summed E-state index contributed by atoms with van der Waals surface area (Å²) in [6, 6.07) is 4.27. The van der Waals surface area contributed by atoms with Crippen LogP contribution in [0.4, 0.5) is 0 Å². The van der Waals surface area contributed by atoms with Crippen LogP contribution in [0.5, 0.6) is 0 Å². The number of hydrogen-bond donors (Lipinski definition) is 0. The minimum atomic E-state index is 0.487. The Kier molecular flexibility index (Phi) is 8.87. The fraction of sp³-hybridized carbons (Fsp3) is 0.400. The highest BCUT2D eigenvalue weighted by Crippen LogP contribution is 2.36. The third-order valence-corrected chi connectivity index (χ3v) is 5.92. The zero-order valence-corrected chi connectivity index (χ0v) is 12.8. The number of rotatable bonds is 5. The molecule has 0 rings (SSSR count). The van der Waals surface area contributed by atoms with Gasteiger partial charge >= 0.3 is 0 Å². The average molecular weight is 288 g/mol. The lowest BCUT2D eigenvalue weighted by atomic mass is 10.2. The second-order valence-electron chi connectivity index (χ2n) is 2.37. The quantitative estimate of drug-likeness (QED) is 0.564. The van der Waals surface area contributed by atoms with Gasteiger partial charge in [0.1, 0.15) is 12.1 Å². The first-order valence-corrected chi connectivity index (χ1v) is 9.05. The summed E-state index contributed by atoms with van der Waals surface area (Å²) in [5, 5.41) is 18.3. The van der Waals surface area contributed by atoms with Crippen molar-refractivity contribution in [3.63, 3.8) is 0 Å². The molecular weight excluding hydrogens is 276 g/mol. The zero-order chi connectivity index (χ0) is 12.6. The Balaban J connectivity index is 5.75. The number of nitriles is 2. The van der Waals surface area contributed by atoms with Crippen molar-refractivity contribution in [2.75, 3.05) is 25.0 Å². The third-order valence-electron chi connectivity index (χ3n) is 1.62. The van der Waals surface area contributed by atoms with Gasteiger partial charge in [-0.25, -0.2) is 0 Å². The summed E-state index contributed by atoms with van der Waals surface area (Å²) in [5.74, 6) is 0. The molecule has 0 atom stereocenters. The van der Waals surface area contributed by atoms with E-state index in [9.17, 15) is 0 Å². The van der Waals surface area contributed by atoms with Gasteiger partial charge in [0.25, 0.3) is 0 Å². The minimum absolute atomic E-state index is 0.487. The molecule has 16 heavy (non-hydrogen) atoms. The fourth-order valence-corrected chi connectivity index (χ4v) is 3.72. The second-order valence-corrected chi connectivity index (χ2v) is 6.15. The van der Waals surface area contributed by atoms with Gasteiger partial charge in [-0.1, -0.05) is 0 Å². The Morgan fingerprint density at radius 2 is 0.938 bits per heavy atom. The van der Waals surface area contributed by atoms with Crippen molar-refractivity contribution in [2.24, 2.45) is 0 Å². The van der Waals surface area contributed by atoms with Gasteiger partial charge in [0.05, 0.1) is 19.6 Å². The molecule has 0 unspecified atom stereocenters. The van der Waals surface area contributed by atoms with Crippen LogP contribution in [0.1, 0.15) is 0 Å². The summed E-state index contributed by atoms with van der Waals surface area (Å²) in [4.78, 5) is 0. The highest BCUT2D eigenvalue weighted by molar-refractivity contribution is 8.22. The molecule has 0 radical (unpaired) electrons. The number of thioether (sulfide) groups is 4. The minimum Gasteiger partial charge on any atom is -0.192 e. The van der Waals surface area contributed by atoms with Crippen molar-refractivity contribution in [3.8, 4) is 12.1 Å². The molecule has 0 heterocycles. The van der Waals surface area contributed by atoms with E-state index in [2.05, 4.69) is 12.1 Å². The first-order chi connectivity index (χ1) is 7.69. The SMILES string of the molecule is CSC(SC)=C(C#N)C(C#N)=C(SC)SC. The Labute approximate surface area is 114 Å². The van der Waals surface area contributed by atoms with E-state index in [0.717, 1.165) is 8.47 Å². The van der Waals surface area contributed by atoms with Crippen LogP contribution >= 0.6 is 47.0 Å². The van der Waals surface area contributed by atoms with Crippen LogP contribution < -0.4 is 0 Å². The molecule has 0 aliphatic rings. The second kappa shape index (κ2) is 8.95.